The van der Waals surface area contributed by atoms with Crippen LogP contribution in [0.4, 0.5) is 5.69 Å². The third kappa shape index (κ3) is 5.05. The van der Waals surface area contributed by atoms with Crippen LogP contribution in [0.15, 0.2) is 41.3 Å². The Bertz CT molecular complexity index is 964. The van der Waals surface area contributed by atoms with Crippen LogP contribution in [0.5, 0.6) is 5.75 Å². The fourth-order valence-electron chi connectivity index (χ4n) is 2.00. The monoisotopic (exact) mass is 433 g/mol. The second-order valence-corrected chi connectivity index (χ2v) is 7.76. The number of halogens is 2. The first kappa shape index (κ1) is 20.4. The van der Waals surface area contributed by atoms with Crippen molar-refractivity contribution in [2.24, 2.45) is 5.14 Å². The molecule has 4 N–H and O–H groups in total. The van der Waals surface area contributed by atoms with Crippen LogP contribution in [0.3, 0.4) is 0 Å². The van der Waals surface area contributed by atoms with Gasteiger partial charge in [-0.05, 0) is 48.6 Å². The van der Waals surface area contributed by atoms with Gasteiger partial charge in [0.25, 0.3) is 5.91 Å². The van der Waals surface area contributed by atoms with E-state index in [-0.39, 0.29) is 31.4 Å². The van der Waals surface area contributed by atoms with Crippen molar-refractivity contribution < 1.29 is 17.9 Å². The van der Waals surface area contributed by atoms with Crippen molar-refractivity contribution in [3.05, 3.63) is 52.0 Å². The average molecular weight is 434 g/mol. The zero-order chi connectivity index (χ0) is 19.5. The number of carbonyl (C=O) groups is 1. The van der Waals surface area contributed by atoms with E-state index >= 15 is 0 Å². The van der Waals surface area contributed by atoms with Gasteiger partial charge in [-0.3, -0.25) is 10.1 Å². The molecule has 0 fully saturated rings. The Morgan fingerprint density at radius 1 is 1.19 bits per heavy atom. The van der Waals surface area contributed by atoms with Gasteiger partial charge in [0.2, 0.25) is 10.0 Å². The van der Waals surface area contributed by atoms with Crippen LogP contribution < -0.4 is 20.5 Å². The molecule has 1 amide bonds. The zero-order valence-corrected chi connectivity index (χ0v) is 16.4. The summed E-state index contributed by atoms with van der Waals surface area (Å²) in [4.78, 5) is 12.3. The lowest BCUT2D eigenvalue weighted by atomic mass is 10.2. The first-order chi connectivity index (χ1) is 12.1. The van der Waals surface area contributed by atoms with Crippen molar-refractivity contribution in [2.45, 2.75) is 4.90 Å². The molecule has 0 saturated carbocycles. The summed E-state index contributed by atoms with van der Waals surface area (Å²) < 4.78 is 27.6. The molecule has 2 aromatic rings. The second-order valence-electron chi connectivity index (χ2n) is 4.95. The first-order valence-corrected chi connectivity index (χ1v) is 9.61. The highest BCUT2D eigenvalue weighted by atomic mass is 35.5. The quantitative estimate of drug-likeness (QED) is 0.639. The molecule has 2 rings (SSSR count). The summed E-state index contributed by atoms with van der Waals surface area (Å²) in [5.74, 6) is -0.418. The van der Waals surface area contributed by atoms with E-state index in [1.54, 1.807) is 0 Å². The molecule has 0 aliphatic heterocycles. The maximum absolute atomic E-state index is 12.4. The normalized spacial score (nSPS) is 10.9. The molecule has 0 bridgehead atoms. The summed E-state index contributed by atoms with van der Waals surface area (Å²) in [5.41, 5.74) is 0.567. The Labute approximate surface area is 165 Å². The van der Waals surface area contributed by atoms with Crippen molar-refractivity contribution in [3.63, 3.8) is 0 Å². The third-order valence-electron chi connectivity index (χ3n) is 3.12. The molecule has 0 heterocycles. The fourth-order valence-corrected chi connectivity index (χ4v) is 3.29. The Balaban J connectivity index is 2.12. The number of hydrogen-bond acceptors (Lipinski definition) is 5. The van der Waals surface area contributed by atoms with E-state index < -0.39 is 15.9 Å². The number of amides is 1. The van der Waals surface area contributed by atoms with E-state index in [0.29, 0.717) is 5.69 Å². The molecule has 0 unspecified atom stereocenters. The van der Waals surface area contributed by atoms with Gasteiger partial charge in [0.1, 0.15) is 5.75 Å². The van der Waals surface area contributed by atoms with Gasteiger partial charge >= 0.3 is 0 Å². The van der Waals surface area contributed by atoms with Crippen LogP contribution in [-0.4, -0.2) is 26.5 Å². The van der Waals surface area contributed by atoms with Crippen LogP contribution >= 0.6 is 35.4 Å². The number of ether oxygens (including phenoxy) is 1. The summed E-state index contributed by atoms with van der Waals surface area (Å²) >= 11 is 17.0. The lowest BCUT2D eigenvalue weighted by Gasteiger charge is -2.13. The molecule has 2 aromatic carbocycles. The van der Waals surface area contributed by atoms with Gasteiger partial charge in [-0.15, -0.1) is 0 Å². The van der Waals surface area contributed by atoms with E-state index in [2.05, 4.69) is 10.6 Å². The zero-order valence-electron chi connectivity index (χ0n) is 13.2. The molecule has 7 nitrogen and oxygen atoms in total. The number of primary sulfonamides is 1. The standard InChI is InChI=1S/C15H13Cl2N3O4S2/c1-24-13-11(6-8(16)7-12(13)17)14(21)20-15(25)19-9-2-4-10(5-3-9)26(18,22)23/h2-7H,1H3,(H2,18,22,23)(H2,19,20,21,25). The number of methoxy groups -OCH3 is 1. The van der Waals surface area contributed by atoms with Gasteiger partial charge in [-0.25, -0.2) is 13.6 Å². The lowest BCUT2D eigenvalue weighted by Crippen LogP contribution is -2.34. The van der Waals surface area contributed by atoms with Gasteiger partial charge in [0, 0.05) is 10.7 Å². The summed E-state index contributed by atoms with van der Waals surface area (Å²) in [5, 5.41) is 10.7. The van der Waals surface area contributed by atoms with Crippen molar-refractivity contribution in [1.29, 1.82) is 0 Å². The Morgan fingerprint density at radius 3 is 2.35 bits per heavy atom. The highest BCUT2D eigenvalue weighted by Crippen LogP contribution is 2.32. The van der Waals surface area contributed by atoms with Crippen LogP contribution in [-0.2, 0) is 10.0 Å². The Hall–Kier alpha value is -1.91. The topological polar surface area (TPSA) is 111 Å². The molecule has 0 radical (unpaired) electrons. The van der Waals surface area contributed by atoms with Crippen molar-refractivity contribution in [1.82, 2.24) is 5.32 Å². The number of nitrogens with two attached hydrogens (primary N) is 1. The molecule has 0 atom stereocenters. The lowest BCUT2D eigenvalue weighted by molar-refractivity contribution is 0.0974. The maximum atomic E-state index is 12.4. The Kier molecular flexibility index (Phi) is 6.43. The molecule has 0 aromatic heterocycles. The SMILES string of the molecule is COc1c(Cl)cc(Cl)cc1C(=O)NC(=S)Nc1ccc(S(N)(=O)=O)cc1. The summed E-state index contributed by atoms with van der Waals surface area (Å²) in [7, 11) is -2.42. The van der Waals surface area contributed by atoms with E-state index in [1.807, 2.05) is 0 Å². The average Bonchev–Trinajstić information content (AvgIpc) is 2.53. The number of hydrogen-bond donors (Lipinski definition) is 3. The van der Waals surface area contributed by atoms with Gasteiger partial charge in [-0.2, -0.15) is 0 Å². The van der Waals surface area contributed by atoms with Crippen LogP contribution in [0.2, 0.25) is 10.0 Å². The molecule has 11 heteroatoms. The molecular weight excluding hydrogens is 421 g/mol. The predicted molar refractivity (Wildman–Crippen MR) is 105 cm³/mol. The molecule has 0 aliphatic carbocycles. The van der Waals surface area contributed by atoms with Crippen molar-refractivity contribution in [3.8, 4) is 5.75 Å². The minimum absolute atomic E-state index is 0.0171. The second kappa shape index (κ2) is 8.19. The number of anilines is 1. The van der Waals surface area contributed by atoms with Gasteiger partial charge in [-0.1, -0.05) is 23.2 Å². The number of thiocarbonyl (C=S) groups is 1. The largest absolute Gasteiger partial charge is 0.494 e. The van der Waals surface area contributed by atoms with Crippen LogP contribution in [0, 0.1) is 0 Å². The minimum Gasteiger partial charge on any atom is -0.494 e. The molecular formula is C15H13Cl2N3O4S2. The predicted octanol–water partition coefficient (Wildman–Crippen LogP) is 2.78. The van der Waals surface area contributed by atoms with E-state index in [1.165, 1.54) is 43.5 Å². The number of benzene rings is 2. The maximum Gasteiger partial charge on any atom is 0.261 e. The Morgan fingerprint density at radius 2 is 1.81 bits per heavy atom. The summed E-state index contributed by atoms with van der Waals surface area (Å²) in [6.45, 7) is 0. The number of carbonyl (C=O) groups excluding carboxylic acids is 1. The molecule has 26 heavy (non-hydrogen) atoms. The summed E-state index contributed by atoms with van der Waals surface area (Å²) in [6, 6.07) is 8.36. The van der Waals surface area contributed by atoms with Crippen molar-refractivity contribution >= 4 is 62.2 Å². The fraction of sp³-hybridized carbons (Fsp3) is 0.0667. The molecule has 138 valence electrons. The minimum atomic E-state index is -3.79. The van der Waals surface area contributed by atoms with E-state index in [9.17, 15) is 13.2 Å². The van der Waals surface area contributed by atoms with Crippen LogP contribution in [0.25, 0.3) is 0 Å². The smallest absolute Gasteiger partial charge is 0.261 e. The molecule has 0 saturated heterocycles. The van der Waals surface area contributed by atoms with E-state index in [4.69, 9.17) is 45.3 Å². The first-order valence-electron chi connectivity index (χ1n) is 6.90. The molecule has 0 aliphatic rings. The van der Waals surface area contributed by atoms with E-state index in [0.717, 1.165) is 0 Å². The number of sulfonamides is 1. The van der Waals surface area contributed by atoms with Gasteiger partial charge in [0.05, 0.1) is 22.6 Å². The highest BCUT2D eigenvalue weighted by molar-refractivity contribution is 7.89. The third-order valence-corrected chi connectivity index (χ3v) is 4.76. The number of rotatable bonds is 4. The number of nitrogens with one attached hydrogen (secondary N) is 2. The highest BCUT2D eigenvalue weighted by Gasteiger charge is 2.18. The molecule has 0 spiro atoms. The van der Waals surface area contributed by atoms with Gasteiger partial charge < -0.3 is 10.1 Å². The summed E-state index contributed by atoms with van der Waals surface area (Å²) in [6.07, 6.45) is 0. The van der Waals surface area contributed by atoms with Crippen LogP contribution in [0.1, 0.15) is 10.4 Å². The van der Waals surface area contributed by atoms with Crippen molar-refractivity contribution in [2.75, 3.05) is 12.4 Å². The van der Waals surface area contributed by atoms with Gasteiger partial charge in [0.15, 0.2) is 5.11 Å².